The Morgan fingerprint density at radius 1 is 1.58 bits per heavy atom. The third-order valence-corrected chi connectivity index (χ3v) is 3.10. The molecular formula is C9H19NOS. The van der Waals surface area contributed by atoms with E-state index in [1.165, 1.54) is 12.8 Å². The summed E-state index contributed by atoms with van der Waals surface area (Å²) in [6.07, 6.45) is 2.77. The van der Waals surface area contributed by atoms with Crippen molar-refractivity contribution in [2.45, 2.75) is 31.1 Å². The number of ether oxygens (including phenoxy) is 1. The monoisotopic (exact) mass is 189 g/mol. The summed E-state index contributed by atoms with van der Waals surface area (Å²) in [5, 5.41) is 4.24. The highest BCUT2D eigenvalue weighted by Crippen LogP contribution is 2.19. The number of nitrogens with one attached hydrogen (secondary N) is 1. The Labute approximate surface area is 79.4 Å². The Hall–Kier alpha value is 0.270. The van der Waals surface area contributed by atoms with Crippen molar-refractivity contribution < 1.29 is 4.74 Å². The molecule has 0 aromatic carbocycles. The second-order valence-corrected chi connectivity index (χ2v) is 4.90. The van der Waals surface area contributed by atoms with Gasteiger partial charge in [0.15, 0.2) is 0 Å². The van der Waals surface area contributed by atoms with Crippen molar-refractivity contribution in [3.05, 3.63) is 0 Å². The lowest BCUT2D eigenvalue weighted by Gasteiger charge is -2.11. The molecule has 12 heavy (non-hydrogen) atoms. The Balaban J connectivity index is 1.84. The molecule has 3 heteroatoms. The molecule has 0 spiro atoms. The predicted molar refractivity (Wildman–Crippen MR) is 54.8 cm³/mol. The van der Waals surface area contributed by atoms with Gasteiger partial charge in [-0.05, 0) is 12.8 Å². The van der Waals surface area contributed by atoms with E-state index in [0.717, 1.165) is 30.2 Å². The van der Waals surface area contributed by atoms with Gasteiger partial charge in [-0.25, -0.2) is 0 Å². The fourth-order valence-corrected chi connectivity index (χ4v) is 1.89. The lowest BCUT2D eigenvalue weighted by molar-refractivity contribution is 0.218. The van der Waals surface area contributed by atoms with E-state index in [1.807, 2.05) is 11.8 Å². The van der Waals surface area contributed by atoms with Gasteiger partial charge < -0.3 is 10.1 Å². The molecule has 0 heterocycles. The maximum atomic E-state index is 4.99. The molecule has 72 valence electrons. The van der Waals surface area contributed by atoms with Gasteiger partial charge in [0.2, 0.25) is 0 Å². The van der Waals surface area contributed by atoms with Crippen molar-refractivity contribution >= 4 is 11.8 Å². The van der Waals surface area contributed by atoms with Crippen LogP contribution in [0.3, 0.4) is 0 Å². The zero-order chi connectivity index (χ0) is 8.81. The molecule has 0 aliphatic heterocycles. The van der Waals surface area contributed by atoms with Crippen LogP contribution in [0.5, 0.6) is 0 Å². The number of thioether (sulfide) groups is 1. The van der Waals surface area contributed by atoms with Crippen molar-refractivity contribution in [2.24, 2.45) is 0 Å². The highest BCUT2D eigenvalue weighted by Gasteiger charge is 2.20. The molecule has 0 aromatic heterocycles. The molecule has 1 unspecified atom stereocenters. The average Bonchev–Trinajstić information content (AvgIpc) is 2.84. The van der Waals surface area contributed by atoms with Gasteiger partial charge in [-0.1, -0.05) is 6.92 Å². The van der Waals surface area contributed by atoms with E-state index in [0.29, 0.717) is 0 Å². The van der Waals surface area contributed by atoms with Crippen LogP contribution in [-0.2, 0) is 4.74 Å². The number of hydrogen-bond donors (Lipinski definition) is 1. The molecule has 1 rings (SSSR count). The highest BCUT2D eigenvalue weighted by molar-refractivity contribution is 7.99. The van der Waals surface area contributed by atoms with Gasteiger partial charge in [-0.2, -0.15) is 11.8 Å². The topological polar surface area (TPSA) is 21.3 Å². The first-order chi connectivity index (χ1) is 5.83. The van der Waals surface area contributed by atoms with Crippen LogP contribution in [0.4, 0.5) is 0 Å². The Kier molecular flexibility index (Phi) is 5.04. The smallest absolute Gasteiger partial charge is 0.0553 e. The zero-order valence-corrected chi connectivity index (χ0v) is 8.82. The molecule has 1 aliphatic rings. The van der Waals surface area contributed by atoms with E-state index in [9.17, 15) is 0 Å². The average molecular weight is 189 g/mol. The minimum absolute atomic E-state index is 0.723. The molecule has 2 nitrogen and oxygen atoms in total. The van der Waals surface area contributed by atoms with E-state index < -0.39 is 0 Å². The summed E-state index contributed by atoms with van der Waals surface area (Å²) in [7, 11) is 1.76. The van der Waals surface area contributed by atoms with Crippen LogP contribution < -0.4 is 5.32 Å². The van der Waals surface area contributed by atoms with Crippen molar-refractivity contribution in [1.29, 1.82) is 0 Å². The van der Waals surface area contributed by atoms with Crippen LogP contribution in [0.25, 0.3) is 0 Å². The molecule has 0 radical (unpaired) electrons. The summed E-state index contributed by atoms with van der Waals surface area (Å²) in [6.45, 7) is 4.30. The van der Waals surface area contributed by atoms with Gasteiger partial charge in [0.05, 0.1) is 6.61 Å². The van der Waals surface area contributed by atoms with Gasteiger partial charge >= 0.3 is 0 Å². The summed E-state index contributed by atoms with van der Waals surface area (Å²) in [5.41, 5.74) is 0. The molecular weight excluding hydrogens is 170 g/mol. The Morgan fingerprint density at radius 3 is 2.92 bits per heavy atom. The summed E-state index contributed by atoms with van der Waals surface area (Å²) >= 11 is 1.98. The molecule has 1 aliphatic carbocycles. The fraction of sp³-hybridized carbons (Fsp3) is 1.00. The van der Waals surface area contributed by atoms with E-state index in [2.05, 4.69) is 12.2 Å². The van der Waals surface area contributed by atoms with Gasteiger partial charge in [0.1, 0.15) is 0 Å². The predicted octanol–water partition coefficient (Wildman–Crippen LogP) is 1.51. The number of rotatable bonds is 7. The van der Waals surface area contributed by atoms with Crippen molar-refractivity contribution in [3.8, 4) is 0 Å². The van der Waals surface area contributed by atoms with Gasteiger partial charge in [-0.3, -0.25) is 0 Å². The minimum Gasteiger partial charge on any atom is -0.384 e. The molecule has 1 saturated carbocycles. The van der Waals surface area contributed by atoms with Crippen LogP contribution in [-0.4, -0.2) is 37.3 Å². The first kappa shape index (κ1) is 10.4. The first-order valence-corrected chi connectivity index (χ1v) is 5.71. The van der Waals surface area contributed by atoms with Crippen LogP contribution in [0.1, 0.15) is 19.8 Å². The fourth-order valence-electron chi connectivity index (χ4n) is 1.01. The quantitative estimate of drug-likeness (QED) is 0.613. The number of hydrogen-bond acceptors (Lipinski definition) is 3. The molecule has 1 N–H and O–H groups in total. The normalized spacial score (nSPS) is 19.5. The molecule has 0 amide bonds. The standard InChI is InChI=1S/C9H19NOS/c1-8(12-6-5-11-2)7-10-9-3-4-9/h8-10H,3-7H2,1-2H3. The maximum Gasteiger partial charge on any atom is 0.0553 e. The lowest BCUT2D eigenvalue weighted by atomic mass is 10.4. The lowest BCUT2D eigenvalue weighted by Crippen LogP contribution is -2.25. The second kappa shape index (κ2) is 5.84. The summed E-state index contributed by atoms with van der Waals surface area (Å²) < 4.78 is 4.99. The first-order valence-electron chi connectivity index (χ1n) is 4.67. The summed E-state index contributed by atoms with van der Waals surface area (Å²) in [4.78, 5) is 0. The SMILES string of the molecule is COCCSC(C)CNC1CC1. The van der Waals surface area contributed by atoms with E-state index >= 15 is 0 Å². The van der Waals surface area contributed by atoms with Crippen molar-refractivity contribution in [2.75, 3.05) is 26.0 Å². The zero-order valence-electron chi connectivity index (χ0n) is 8.01. The van der Waals surface area contributed by atoms with Crippen LogP contribution in [0.2, 0.25) is 0 Å². The largest absolute Gasteiger partial charge is 0.384 e. The molecule has 0 aromatic rings. The molecule has 0 bridgehead atoms. The van der Waals surface area contributed by atoms with Gasteiger partial charge in [0, 0.05) is 30.7 Å². The minimum atomic E-state index is 0.723. The van der Waals surface area contributed by atoms with E-state index in [1.54, 1.807) is 7.11 Å². The third kappa shape index (κ3) is 5.01. The summed E-state index contributed by atoms with van der Waals surface area (Å²) in [6, 6.07) is 0.843. The van der Waals surface area contributed by atoms with Crippen LogP contribution >= 0.6 is 11.8 Å². The highest BCUT2D eigenvalue weighted by atomic mass is 32.2. The Bertz CT molecular complexity index is 117. The van der Waals surface area contributed by atoms with E-state index in [-0.39, 0.29) is 0 Å². The van der Waals surface area contributed by atoms with Crippen LogP contribution in [0, 0.1) is 0 Å². The summed E-state index contributed by atoms with van der Waals surface area (Å²) in [5.74, 6) is 1.12. The maximum absolute atomic E-state index is 4.99. The Morgan fingerprint density at radius 2 is 2.33 bits per heavy atom. The molecule has 1 atom stereocenters. The molecule has 0 saturated heterocycles. The molecule has 1 fully saturated rings. The van der Waals surface area contributed by atoms with Crippen molar-refractivity contribution in [3.63, 3.8) is 0 Å². The second-order valence-electron chi connectivity index (χ2n) is 3.36. The van der Waals surface area contributed by atoms with Crippen molar-refractivity contribution in [1.82, 2.24) is 5.32 Å². The van der Waals surface area contributed by atoms with Crippen LogP contribution in [0.15, 0.2) is 0 Å². The number of methoxy groups -OCH3 is 1. The third-order valence-electron chi connectivity index (χ3n) is 1.96. The van der Waals surface area contributed by atoms with Gasteiger partial charge in [0.25, 0.3) is 0 Å². The van der Waals surface area contributed by atoms with Gasteiger partial charge in [-0.15, -0.1) is 0 Å². The van der Waals surface area contributed by atoms with E-state index in [4.69, 9.17) is 4.74 Å².